The van der Waals surface area contributed by atoms with Gasteiger partial charge in [-0.05, 0) is 31.4 Å². The molecule has 0 bridgehead atoms. The third-order valence-corrected chi connectivity index (χ3v) is 5.43. The van der Waals surface area contributed by atoms with Crippen molar-refractivity contribution in [3.8, 4) is 0 Å². The summed E-state index contributed by atoms with van der Waals surface area (Å²) in [5.41, 5.74) is 1.02. The molecule has 7 heteroatoms. The Morgan fingerprint density at radius 1 is 1.15 bits per heavy atom. The van der Waals surface area contributed by atoms with Gasteiger partial charge in [0.2, 0.25) is 0 Å². The number of nitro benzene ring substituents is 1. The molecule has 2 saturated heterocycles. The maximum atomic E-state index is 12.3. The number of carbonyl (C=O) groups excluding carboxylic acids is 1. The third-order valence-electron chi connectivity index (χ3n) is 5.43. The maximum Gasteiger partial charge on any atom is 0.293 e. The minimum Gasteiger partial charge on any atom is -0.366 e. The molecular weight excluding hydrogens is 332 g/mol. The molecule has 0 aromatic heterocycles. The topological polar surface area (TPSA) is 79.9 Å². The number of piperidine rings is 1. The van der Waals surface area contributed by atoms with Crippen molar-refractivity contribution in [2.24, 2.45) is 0 Å². The van der Waals surface area contributed by atoms with Crippen LogP contribution in [0.2, 0.25) is 0 Å². The zero-order chi connectivity index (χ0) is 18.4. The first-order valence-corrected chi connectivity index (χ1v) is 9.80. The fraction of sp³-hybridized carbons (Fsp3) is 0.632. The molecule has 2 heterocycles. The fourth-order valence-electron chi connectivity index (χ4n) is 3.98. The fourth-order valence-corrected chi connectivity index (χ4v) is 3.98. The van der Waals surface area contributed by atoms with Gasteiger partial charge in [0.1, 0.15) is 5.69 Å². The number of nitrogens with one attached hydrogen (secondary N) is 2. The van der Waals surface area contributed by atoms with Crippen LogP contribution >= 0.6 is 0 Å². The summed E-state index contributed by atoms with van der Waals surface area (Å²) in [5, 5.41) is 14.4. The van der Waals surface area contributed by atoms with Gasteiger partial charge >= 0.3 is 0 Å². The van der Waals surface area contributed by atoms with E-state index in [2.05, 4.69) is 10.2 Å². The van der Waals surface area contributed by atoms with Crippen LogP contribution in [-0.2, 0) is 0 Å². The lowest BCUT2D eigenvalue weighted by Crippen LogP contribution is -3.10. The number of hydrogen-bond donors (Lipinski definition) is 2. The first-order chi connectivity index (χ1) is 12.6. The Kier molecular flexibility index (Phi) is 6.44. The van der Waals surface area contributed by atoms with Crippen LogP contribution in [-0.4, -0.2) is 50.1 Å². The number of rotatable bonds is 7. The highest BCUT2D eigenvalue weighted by Gasteiger charge is 2.23. The summed E-state index contributed by atoms with van der Waals surface area (Å²) in [5.74, 6) is -0.227. The molecular formula is C19H29N4O3+. The monoisotopic (exact) mass is 361 g/mol. The number of nitrogens with zero attached hydrogens (tertiary/aromatic N) is 2. The van der Waals surface area contributed by atoms with Gasteiger partial charge < -0.3 is 15.1 Å². The van der Waals surface area contributed by atoms with Gasteiger partial charge in [0.25, 0.3) is 11.6 Å². The van der Waals surface area contributed by atoms with Crippen molar-refractivity contribution < 1.29 is 14.6 Å². The van der Waals surface area contributed by atoms with E-state index in [1.54, 1.807) is 17.0 Å². The Labute approximate surface area is 154 Å². The third kappa shape index (κ3) is 4.72. The Bertz CT molecular complexity index is 638. The first kappa shape index (κ1) is 18.6. The van der Waals surface area contributed by atoms with Gasteiger partial charge in [0, 0.05) is 50.5 Å². The van der Waals surface area contributed by atoms with E-state index in [0.717, 1.165) is 38.9 Å². The predicted octanol–water partition coefficient (Wildman–Crippen LogP) is 1.38. The van der Waals surface area contributed by atoms with Crippen LogP contribution in [0, 0.1) is 10.1 Å². The quantitative estimate of drug-likeness (QED) is 0.437. The van der Waals surface area contributed by atoms with Crippen molar-refractivity contribution in [1.82, 2.24) is 5.32 Å². The summed E-state index contributed by atoms with van der Waals surface area (Å²) in [6.45, 7) is 5.84. The number of amides is 1. The highest BCUT2D eigenvalue weighted by Crippen LogP contribution is 2.31. The average Bonchev–Trinajstić information content (AvgIpc) is 3.18. The molecule has 2 fully saturated rings. The summed E-state index contributed by atoms with van der Waals surface area (Å²) >= 11 is 0. The number of likely N-dealkylation sites (tertiary alicyclic amines) is 1. The number of anilines is 1. The maximum absolute atomic E-state index is 12.3. The van der Waals surface area contributed by atoms with Crippen LogP contribution in [0.15, 0.2) is 18.2 Å². The summed E-state index contributed by atoms with van der Waals surface area (Å²) in [6, 6.07) is 4.86. The van der Waals surface area contributed by atoms with Gasteiger partial charge in [0.05, 0.1) is 24.6 Å². The Balaban J connectivity index is 1.58. The summed E-state index contributed by atoms with van der Waals surface area (Å²) in [4.78, 5) is 27.1. The second-order valence-corrected chi connectivity index (χ2v) is 7.32. The molecule has 0 radical (unpaired) electrons. The lowest BCUT2D eigenvalue weighted by atomic mass is 10.1. The molecule has 0 unspecified atom stereocenters. The number of quaternary nitrogens is 1. The molecule has 0 spiro atoms. The molecule has 0 aliphatic carbocycles. The number of benzene rings is 1. The molecule has 1 aromatic carbocycles. The molecule has 0 saturated carbocycles. The second-order valence-electron chi connectivity index (χ2n) is 7.32. The van der Waals surface area contributed by atoms with Crippen molar-refractivity contribution in [2.75, 3.05) is 44.2 Å². The highest BCUT2D eigenvalue weighted by molar-refractivity contribution is 5.95. The summed E-state index contributed by atoms with van der Waals surface area (Å²) in [7, 11) is 0. The minimum absolute atomic E-state index is 0.0288. The normalized spacial score (nSPS) is 18.1. The van der Waals surface area contributed by atoms with Crippen LogP contribution < -0.4 is 15.1 Å². The van der Waals surface area contributed by atoms with E-state index in [0.29, 0.717) is 17.8 Å². The standard InChI is InChI=1S/C19H28N4O3/c24-19(20-9-6-12-21-10-4-5-11-21)16-7-8-17(18(15-16)23(25)26)22-13-2-1-3-14-22/h7-8,15H,1-6,9-14H2,(H,20,24)/p+1. The van der Waals surface area contributed by atoms with Crippen LogP contribution in [0.1, 0.15) is 48.9 Å². The van der Waals surface area contributed by atoms with Crippen molar-refractivity contribution in [2.45, 2.75) is 38.5 Å². The van der Waals surface area contributed by atoms with Gasteiger partial charge in [-0.25, -0.2) is 0 Å². The molecule has 3 rings (SSSR count). The molecule has 1 amide bonds. The van der Waals surface area contributed by atoms with E-state index in [-0.39, 0.29) is 16.5 Å². The molecule has 2 aliphatic rings. The van der Waals surface area contributed by atoms with Crippen molar-refractivity contribution in [1.29, 1.82) is 0 Å². The van der Waals surface area contributed by atoms with Gasteiger partial charge in [-0.1, -0.05) is 0 Å². The lowest BCUT2D eigenvalue weighted by molar-refractivity contribution is -0.887. The van der Waals surface area contributed by atoms with Crippen LogP contribution in [0.4, 0.5) is 11.4 Å². The molecule has 26 heavy (non-hydrogen) atoms. The van der Waals surface area contributed by atoms with Crippen molar-refractivity contribution in [3.05, 3.63) is 33.9 Å². The predicted molar refractivity (Wildman–Crippen MR) is 101 cm³/mol. The Hall–Kier alpha value is -2.15. The minimum atomic E-state index is -0.378. The number of hydrogen-bond acceptors (Lipinski definition) is 4. The van der Waals surface area contributed by atoms with Crippen LogP contribution in [0.5, 0.6) is 0 Å². The van der Waals surface area contributed by atoms with Crippen molar-refractivity contribution >= 4 is 17.3 Å². The van der Waals surface area contributed by atoms with Gasteiger partial charge in [-0.2, -0.15) is 0 Å². The zero-order valence-electron chi connectivity index (χ0n) is 15.3. The van der Waals surface area contributed by atoms with E-state index in [4.69, 9.17) is 0 Å². The van der Waals surface area contributed by atoms with Gasteiger partial charge in [0.15, 0.2) is 0 Å². The van der Waals surface area contributed by atoms with Crippen molar-refractivity contribution in [3.63, 3.8) is 0 Å². The molecule has 1 aromatic rings. The number of carbonyl (C=O) groups is 1. The van der Waals surface area contributed by atoms with E-state index < -0.39 is 0 Å². The van der Waals surface area contributed by atoms with Gasteiger partial charge in [-0.15, -0.1) is 0 Å². The van der Waals surface area contributed by atoms with E-state index in [9.17, 15) is 14.9 Å². The molecule has 142 valence electrons. The zero-order valence-corrected chi connectivity index (χ0v) is 15.3. The van der Waals surface area contributed by atoms with Crippen LogP contribution in [0.25, 0.3) is 0 Å². The molecule has 0 atom stereocenters. The lowest BCUT2D eigenvalue weighted by Gasteiger charge is -2.28. The summed E-state index contributed by atoms with van der Waals surface area (Å²) in [6.07, 6.45) is 6.82. The number of nitro groups is 1. The molecule has 2 N–H and O–H groups in total. The first-order valence-electron chi connectivity index (χ1n) is 9.80. The molecule has 7 nitrogen and oxygen atoms in total. The largest absolute Gasteiger partial charge is 0.366 e. The van der Waals surface area contributed by atoms with E-state index in [1.807, 2.05) is 0 Å². The SMILES string of the molecule is O=C(NCCC[NH+]1CCCC1)c1ccc(N2CCCCC2)c([N+](=O)[O-])c1. The van der Waals surface area contributed by atoms with E-state index >= 15 is 0 Å². The highest BCUT2D eigenvalue weighted by atomic mass is 16.6. The van der Waals surface area contributed by atoms with Gasteiger partial charge in [-0.3, -0.25) is 14.9 Å². The van der Waals surface area contributed by atoms with E-state index in [1.165, 1.54) is 38.4 Å². The molecule has 2 aliphatic heterocycles. The smallest absolute Gasteiger partial charge is 0.293 e. The summed E-state index contributed by atoms with van der Waals surface area (Å²) < 4.78 is 0. The Morgan fingerprint density at radius 2 is 1.88 bits per heavy atom. The Morgan fingerprint density at radius 3 is 2.58 bits per heavy atom. The average molecular weight is 361 g/mol. The second kappa shape index (κ2) is 8.98. The van der Waals surface area contributed by atoms with Crippen LogP contribution in [0.3, 0.4) is 0 Å².